The third-order valence-corrected chi connectivity index (χ3v) is 2.47. The Hall–Kier alpha value is -1.71. The van der Waals surface area contributed by atoms with E-state index in [9.17, 15) is 4.79 Å². The van der Waals surface area contributed by atoms with Gasteiger partial charge in [0.1, 0.15) is 6.61 Å². The van der Waals surface area contributed by atoms with Crippen molar-refractivity contribution in [2.24, 2.45) is 5.92 Å². The van der Waals surface area contributed by atoms with Crippen LogP contribution in [0.1, 0.15) is 20.8 Å². The van der Waals surface area contributed by atoms with Gasteiger partial charge in [0.05, 0.1) is 13.2 Å². The van der Waals surface area contributed by atoms with E-state index in [1.54, 1.807) is 7.11 Å². The summed E-state index contributed by atoms with van der Waals surface area (Å²) in [6, 6.07) is 7.41. The van der Waals surface area contributed by atoms with E-state index < -0.39 is 0 Å². The maximum absolute atomic E-state index is 11.5. The van der Waals surface area contributed by atoms with Crippen molar-refractivity contribution >= 4 is 5.91 Å². The molecule has 0 saturated heterocycles. The highest BCUT2D eigenvalue weighted by atomic mass is 16.5. The lowest BCUT2D eigenvalue weighted by Crippen LogP contribution is -2.39. The Labute approximate surface area is 108 Å². The van der Waals surface area contributed by atoms with Crippen LogP contribution < -0.4 is 14.8 Å². The SMILES string of the molecule is COc1ccccc1OCC(C)NC(=O)C(C)C. The van der Waals surface area contributed by atoms with E-state index in [0.717, 1.165) is 0 Å². The van der Waals surface area contributed by atoms with Crippen LogP contribution in [0.15, 0.2) is 24.3 Å². The lowest BCUT2D eigenvalue weighted by Gasteiger charge is -2.17. The quantitative estimate of drug-likeness (QED) is 0.843. The van der Waals surface area contributed by atoms with Crippen molar-refractivity contribution < 1.29 is 14.3 Å². The highest BCUT2D eigenvalue weighted by molar-refractivity contribution is 5.78. The van der Waals surface area contributed by atoms with Crippen molar-refractivity contribution in [2.45, 2.75) is 26.8 Å². The summed E-state index contributed by atoms with van der Waals surface area (Å²) < 4.78 is 10.8. The van der Waals surface area contributed by atoms with Crippen LogP contribution in [0, 0.1) is 5.92 Å². The van der Waals surface area contributed by atoms with Crippen LogP contribution in [0.25, 0.3) is 0 Å². The number of para-hydroxylation sites is 2. The lowest BCUT2D eigenvalue weighted by atomic mass is 10.2. The Bertz CT molecular complexity index is 390. The van der Waals surface area contributed by atoms with E-state index in [-0.39, 0.29) is 17.9 Å². The molecule has 4 heteroatoms. The number of methoxy groups -OCH3 is 1. The highest BCUT2D eigenvalue weighted by Crippen LogP contribution is 2.25. The summed E-state index contributed by atoms with van der Waals surface area (Å²) in [4.78, 5) is 11.5. The predicted octanol–water partition coefficient (Wildman–Crippen LogP) is 2.23. The van der Waals surface area contributed by atoms with E-state index in [1.807, 2.05) is 45.0 Å². The minimum Gasteiger partial charge on any atom is -0.493 e. The van der Waals surface area contributed by atoms with E-state index in [2.05, 4.69) is 5.32 Å². The molecule has 1 aromatic rings. The van der Waals surface area contributed by atoms with Crippen LogP contribution in [0.5, 0.6) is 11.5 Å². The van der Waals surface area contributed by atoms with E-state index in [0.29, 0.717) is 18.1 Å². The summed E-state index contributed by atoms with van der Waals surface area (Å²) >= 11 is 0. The summed E-state index contributed by atoms with van der Waals surface area (Å²) in [5, 5.41) is 2.88. The molecular formula is C14H21NO3. The first-order chi connectivity index (χ1) is 8.54. The average molecular weight is 251 g/mol. The number of carbonyl (C=O) groups is 1. The molecule has 0 aliphatic rings. The van der Waals surface area contributed by atoms with Gasteiger partial charge in [0, 0.05) is 5.92 Å². The number of nitrogens with one attached hydrogen (secondary N) is 1. The zero-order chi connectivity index (χ0) is 13.5. The molecule has 1 aromatic carbocycles. The van der Waals surface area contributed by atoms with E-state index >= 15 is 0 Å². The van der Waals surface area contributed by atoms with Crippen LogP contribution in [0.2, 0.25) is 0 Å². The molecule has 1 unspecified atom stereocenters. The highest BCUT2D eigenvalue weighted by Gasteiger charge is 2.12. The van der Waals surface area contributed by atoms with Gasteiger partial charge in [-0.2, -0.15) is 0 Å². The van der Waals surface area contributed by atoms with Gasteiger partial charge in [-0.05, 0) is 19.1 Å². The normalized spacial score (nSPS) is 12.1. The van der Waals surface area contributed by atoms with Crippen molar-refractivity contribution in [3.8, 4) is 11.5 Å². The topological polar surface area (TPSA) is 47.6 Å². The summed E-state index contributed by atoms with van der Waals surface area (Å²) in [7, 11) is 1.60. The molecule has 4 nitrogen and oxygen atoms in total. The van der Waals surface area contributed by atoms with Crippen molar-refractivity contribution in [3.63, 3.8) is 0 Å². The standard InChI is InChI=1S/C14H21NO3/c1-10(2)14(16)15-11(3)9-18-13-8-6-5-7-12(13)17-4/h5-8,10-11H,9H2,1-4H3,(H,15,16). The van der Waals surface area contributed by atoms with Gasteiger partial charge in [-0.3, -0.25) is 4.79 Å². The first-order valence-corrected chi connectivity index (χ1v) is 6.10. The second-order valence-electron chi connectivity index (χ2n) is 4.53. The lowest BCUT2D eigenvalue weighted by molar-refractivity contribution is -0.124. The van der Waals surface area contributed by atoms with Crippen molar-refractivity contribution in [2.75, 3.05) is 13.7 Å². The Morgan fingerprint density at radius 2 is 1.83 bits per heavy atom. The third kappa shape index (κ3) is 4.28. The number of carbonyl (C=O) groups excluding carboxylic acids is 1. The summed E-state index contributed by atoms with van der Waals surface area (Å²) in [5.41, 5.74) is 0. The number of benzene rings is 1. The second kappa shape index (κ2) is 6.89. The molecule has 1 amide bonds. The zero-order valence-corrected chi connectivity index (χ0v) is 11.4. The van der Waals surface area contributed by atoms with E-state index in [1.165, 1.54) is 0 Å². The van der Waals surface area contributed by atoms with Crippen LogP contribution in [0.3, 0.4) is 0 Å². The van der Waals surface area contributed by atoms with Gasteiger partial charge in [-0.25, -0.2) is 0 Å². The minimum atomic E-state index is -0.0372. The van der Waals surface area contributed by atoms with Gasteiger partial charge in [0.25, 0.3) is 0 Å². The average Bonchev–Trinajstić information content (AvgIpc) is 2.36. The molecule has 0 radical (unpaired) electrons. The molecule has 0 heterocycles. The van der Waals surface area contributed by atoms with Crippen molar-refractivity contribution in [1.82, 2.24) is 5.32 Å². The van der Waals surface area contributed by atoms with Gasteiger partial charge in [0.15, 0.2) is 11.5 Å². The molecule has 0 fully saturated rings. The number of hydrogen-bond acceptors (Lipinski definition) is 3. The largest absolute Gasteiger partial charge is 0.493 e. The molecule has 0 aliphatic carbocycles. The van der Waals surface area contributed by atoms with Gasteiger partial charge in [-0.15, -0.1) is 0 Å². The number of hydrogen-bond donors (Lipinski definition) is 1. The second-order valence-corrected chi connectivity index (χ2v) is 4.53. The molecule has 100 valence electrons. The summed E-state index contributed by atoms with van der Waals surface area (Å²) in [6.45, 7) is 6.06. The monoisotopic (exact) mass is 251 g/mol. The fraction of sp³-hybridized carbons (Fsp3) is 0.500. The summed E-state index contributed by atoms with van der Waals surface area (Å²) in [6.07, 6.45) is 0. The van der Waals surface area contributed by atoms with Gasteiger partial charge in [-0.1, -0.05) is 26.0 Å². The molecule has 0 spiro atoms. The van der Waals surface area contributed by atoms with Gasteiger partial charge in [0.2, 0.25) is 5.91 Å². The van der Waals surface area contributed by atoms with Gasteiger partial charge < -0.3 is 14.8 Å². The number of amides is 1. The van der Waals surface area contributed by atoms with Crippen molar-refractivity contribution in [1.29, 1.82) is 0 Å². The molecular weight excluding hydrogens is 230 g/mol. The first kappa shape index (κ1) is 14.4. The molecule has 18 heavy (non-hydrogen) atoms. The number of rotatable bonds is 6. The maximum atomic E-state index is 11.5. The molecule has 0 aliphatic heterocycles. The third-order valence-electron chi connectivity index (χ3n) is 2.47. The van der Waals surface area contributed by atoms with Crippen LogP contribution >= 0.6 is 0 Å². The first-order valence-electron chi connectivity index (χ1n) is 6.10. The molecule has 0 saturated carbocycles. The Morgan fingerprint density at radius 3 is 2.39 bits per heavy atom. The fourth-order valence-corrected chi connectivity index (χ4v) is 1.40. The van der Waals surface area contributed by atoms with Crippen molar-refractivity contribution in [3.05, 3.63) is 24.3 Å². The molecule has 0 aromatic heterocycles. The Kier molecular flexibility index (Phi) is 5.49. The molecule has 1 rings (SSSR count). The zero-order valence-electron chi connectivity index (χ0n) is 11.4. The minimum absolute atomic E-state index is 0.0151. The predicted molar refractivity (Wildman–Crippen MR) is 70.9 cm³/mol. The Morgan fingerprint density at radius 1 is 1.22 bits per heavy atom. The van der Waals surface area contributed by atoms with Crippen LogP contribution in [-0.2, 0) is 4.79 Å². The fourth-order valence-electron chi connectivity index (χ4n) is 1.40. The van der Waals surface area contributed by atoms with Crippen LogP contribution in [-0.4, -0.2) is 25.7 Å². The maximum Gasteiger partial charge on any atom is 0.222 e. The van der Waals surface area contributed by atoms with E-state index in [4.69, 9.17) is 9.47 Å². The molecule has 0 bridgehead atoms. The summed E-state index contributed by atoms with van der Waals surface area (Å²) in [5.74, 6) is 1.40. The molecule has 1 atom stereocenters. The number of ether oxygens (including phenoxy) is 2. The Balaban J connectivity index is 2.47. The van der Waals surface area contributed by atoms with Crippen LogP contribution in [0.4, 0.5) is 0 Å². The molecule has 1 N–H and O–H groups in total. The van der Waals surface area contributed by atoms with Gasteiger partial charge >= 0.3 is 0 Å². The smallest absolute Gasteiger partial charge is 0.222 e.